The Kier molecular flexibility index (Phi) is 6.84. The number of hydrogen-bond acceptors (Lipinski definition) is 6. The molecular formula is C27H35N4O4+. The monoisotopic (exact) mass is 479 g/mol. The lowest BCUT2D eigenvalue weighted by molar-refractivity contribution is -0.939. The first-order valence-electron chi connectivity index (χ1n) is 12.9. The second kappa shape index (κ2) is 10.0. The molecule has 4 aliphatic rings. The van der Waals surface area contributed by atoms with E-state index >= 15 is 0 Å². The molecule has 3 aliphatic heterocycles. The number of ether oxygens (including phenoxy) is 1. The molecule has 0 spiro atoms. The minimum absolute atomic E-state index is 0.112. The van der Waals surface area contributed by atoms with E-state index in [9.17, 15) is 14.7 Å². The van der Waals surface area contributed by atoms with E-state index in [0.29, 0.717) is 29.0 Å². The van der Waals surface area contributed by atoms with Gasteiger partial charge in [0.25, 0.3) is 5.91 Å². The molecule has 2 bridgehead atoms. The molecule has 2 N–H and O–H groups in total. The van der Waals surface area contributed by atoms with Crippen LogP contribution in [-0.4, -0.2) is 63.7 Å². The zero-order valence-corrected chi connectivity index (χ0v) is 20.1. The van der Waals surface area contributed by atoms with Crippen LogP contribution in [0.4, 0.5) is 5.82 Å². The summed E-state index contributed by atoms with van der Waals surface area (Å²) in [6.45, 7) is 2.68. The van der Waals surface area contributed by atoms with Gasteiger partial charge in [-0.2, -0.15) is 0 Å². The predicted molar refractivity (Wildman–Crippen MR) is 130 cm³/mol. The third-order valence-electron chi connectivity index (χ3n) is 8.33. The first-order chi connectivity index (χ1) is 17.0. The predicted octanol–water partition coefficient (Wildman–Crippen LogP) is 3.04. The summed E-state index contributed by atoms with van der Waals surface area (Å²) in [5.74, 6) is -0.0806. The van der Waals surface area contributed by atoms with Crippen molar-refractivity contribution in [3.8, 4) is 0 Å². The first kappa shape index (κ1) is 23.9. The third kappa shape index (κ3) is 4.95. The highest BCUT2D eigenvalue weighted by atomic mass is 16.6. The molecule has 8 heteroatoms. The molecule has 2 atom stereocenters. The molecule has 1 amide bonds. The molecule has 1 aliphatic carbocycles. The number of aliphatic hydroxyl groups is 1. The molecule has 1 aromatic carbocycles. The van der Waals surface area contributed by atoms with Crippen LogP contribution in [0.15, 0.2) is 48.9 Å². The zero-order valence-electron chi connectivity index (χ0n) is 20.1. The van der Waals surface area contributed by atoms with Gasteiger partial charge in [0, 0.05) is 37.1 Å². The van der Waals surface area contributed by atoms with E-state index in [1.54, 1.807) is 12.4 Å². The summed E-state index contributed by atoms with van der Waals surface area (Å²) in [4.78, 5) is 34.6. The maximum atomic E-state index is 13.7. The fourth-order valence-corrected chi connectivity index (χ4v) is 6.39. The number of quaternary nitrogens is 1. The standard InChI is InChI=1S/C27H34N4O4/c32-25(30-24-17-28-13-14-29-24)19-31-15-11-20(12-16-31)23(18-31)35-26(33)27(34,21-7-3-1-4-8-21)22-9-5-2-6-10-22/h1,3-4,7-8,13-14,17,20,22-23,34H,2,5-6,9-12,15-16,18-19H2/p+1/t20?,23?,27-,31?/m0/s1. The number of anilines is 1. The second-order valence-corrected chi connectivity index (χ2v) is 10.5. The summed E-state index contributed by atoms with van der Waals surface area (Å²) < 4.78 is 6.76. The van der Waals surface area contributed by atoms with E-state index in [1.165, 1.54) is 6.20 Å². The van der Waals surface area contributed by atoms with Crippen LogP contribution in [0, 0.1) is 11.8 Å². The Morgan fingerprint density at radius 2 is 1.80 bits per heavy atom. The van der Waals surface area contributed by atoms with Gasteiger partial charge in [0.15, 0.2) is 24.1 Å². The quantitative estimate of drug-likeness (QED) is 0.468. The lowest BCUT2D eigenvalue weighted by Gasteiger charge is -2.52. The first-order valence-corrected chi connectivity index (χ1v) is 12.9. The largest absolute Gasteiger partial charge is 0.454 e. The molecule has 1 saturated carbocycles. The van der Waals surface area contributed by atoms with Gasteiger partial charge in [-0.05, 0) is 18.4 Å². The van der Waals surface area contributed by atoms with Crippen molar-refractivity contribution in [2.24, 2.45) is 11.8 Å². The molecule has 0 radical (unpaired) electrons. The molecule has 6 rings (SSSR count). The third-order valence-corrected chi connectivity index (χ3v) is 8.33. The minimum Gasteiger partial charge on any atom is -0.454 e. The van der Waals surface area contributed by atoms with Crippen LogP contribution in [-0.2, 0) is 19.9 Å². The summed E-state index contributed by atoms with van der Waals surface area (Å²) >= 11 is 0. The summed E-state index contributed by atoms with van der Waals surface area (Å²) in [5.41, 5.74) is -1.02. The number of amides is 1. The number of nitrogens with one attached hydrogen (secondary N) is 1. The molecule has 4 heterocycles. The highest BCUT2D eigenvalue weighted by molar-refractivity contribution is 5.90. The van der Waals surface area contributed by atoms with Gasteiger partial charge in [0.05, 0.1) is 19.3 Å². The Labute approximate surface area is 206 Å². The van der Waals surface area contributed by atoms with Crippen molar-refractivity contribution in [3.05, 3.63) is 54.5 Å². The summed E-state index contributed by atoms with van der Waals surface area (Å²) in [5, 5.41) is 14.7. The molecule has 1 aromatic heterocycles. The van der Waals surface area contributed by atoms with E-state index in [2.05, 4.69) is 15.3 Å². The summed E-state index contributed by atoms with van der Waals surface area (Å²) in [7, 11) is 0. The lowest BCUT2D eigenvalue weighted by Crippen LogP contribution is -2.66. The molecule has 3 saturated heterocycles. The highest BCUT2D eigenvalue weighted by Gasteiger charge is 2.52. The average Bonchev–Trinajstić information content (AvgIpc) is 2.90. The molecule has 35 heavy (non-hydrogen) atoms. The maximum absolute atomic E-state index is 13.7. The Bertz CT molecular complexity index is 1020. The van der Waals surface area contributed by atoms with Crippen molar-refractivity contribution in [2.75, 3.05) is 31.5 Å². The van der Waals surface area contributed by atoms with Crippen molar-refractivity contribution in [2.45, 2.75) is 56.7 Å². The van der Waals surface area contributed by atoms with Crippen molar-refractivity contribution < 1.29 is 23.9 Å². The van der Waals surface area contributed by atoms with Crippen LogP contribution < -0.4 is 5.32 Å². The van der Waals surface area contributed by atoms with Gasteiger partial charge >= 0.3 is 5.97 Å². The fourth-order valence-electron chi connectivity index (χ4n) is 6.39. The van der Waals surface area contributed by atoms with Gasteiger partial charge in [-0.25, -0.2) is 9.78 Å². The zero-order chi connectivity index (χ0) is 24.3. The number of piperidine rings is 3. The molecular weight excluding hydrogens is 444 g/mol. The van der Waals surface area contributed by atoms with Gasteiger partial charge in [0.1, 0.15) is 6.54 Å². The number of carbonyl (C=O) groups excluding carboxylic acids is 2. The van der Waals surface area contributed by atoms with Crippen LogP contribution in [0.3, 0.4) is 0 Å². The molecule has 2 aromatic rings. The summed E-state index contributed by atoms with van der Waals surface area (Å²) in [6, 6.07) is 9.28. The van der Waals surface area contributed by atoms with Gasteiger partial charge < -0.3 is 19.6 Å². The smallest absolute Gasteiger partial charge is 0.343 e. The SMILES string of the molecule is O=C(C[N+]12CCC(CC1)C(OC(=O)[C@](O)(c1ccccc1)C1CCCCC1)C2)Nc1cnccn1. The van der Waals surface area contributed by atoms with Crippen molar-refractivity contribution in [1.29, 1.82) is 0 Å². The van der Waals surface area contributed by atoms with Crippen LogP contribution in [0.2, 0.25) is 0 Å². The molecule has 8 nitrogen and oxygen atoms in total. The Morgan fingerprint density at radius 1 is 1.06 bits per heavy atom. The van der Waals surface area contributed by atoms with E-state index < -0.39 is 11.6 Å². The van der Waals surface area contributed by atoms with Gasteiger partial charge in [-0.1, -0.05) is 49.6 Å². The molecule has 4 fully saturated rings. The number of hydrogen-bond donors (Lipinski definition) is 2. The van der Waals surface area contributed by atoms with E-state index in [1.807, 2.05) is 30.3 Å². The normalized spacial score (nSPS) is 28.1. The van der Waals surface area contributed by atoms with Gasteiger partial charge in [-0.3, -0.25) is 9.78 Å². The van der Waals surface area contributed by atoms with E-state index in [0.717, 1.165) is 58.0 Å². The molecule has 1 unspecified atom stereocenters. The van der Waals surface area contributed by atoms with Crippen molar-refractivity contribution >= 4 is 17.7 Å². The number of fused-ring (bicyclic) bond motifs is 3. The van der Waals surface area contributed by atoms with Crippen molar-refractivity contribution in [1.82, 2.24) is 9.97 Å². The number of rotatable bonds is 7. The Hall–Kier alpha value is -2.84. The van der Waals surface area contributed by atoms with Crippen LogP contribution in [0.5, 0.6) is 0 Å². The topological polar surface area (TPSA) is 101 Å². The number of nitrogens with zero attached hydrogens (tertiary/aromatic N) is 3. The van der Waals surface area contributed by atoms with E-state index in [-0.39, 0.29) is 23.8 Å². The van der Waals surface area contributed by atoms with Gasteiger partial charge in [0.2, 0.25) is 0 Å². The maximum Gasteiger partial charge on any atom is 0.343 e. The second-order valence-electron chi connectivity index (χ2n) is 10.5. The van der Waals surface area contributed by atoms with Gasteiger partial charge in [-0.15, -0.1) is 0 Å². The highest BCUT2D eigenvalue weighted by Crippen LogP contribution is 2.42. The van der Waals surface area contributed by atoms with Crippen LogP contribution >= 0.6 is 0 Å². The van der Waals surface area contributed by atoms with Crippen LogP contribution in [0.1, 0.15) is 50.5 Å². The summed E-state index contributed by atoms with van der Waals surface area (Å²) in [6.07, 6.45) is 11.0. The average molecular weight is 480 g/mol. The fraction of sp³-hybridized carbons (Fsp3) is 0.556. The number of aromatic nitrogens is 2. The minimum atomic E-state index is -1.64. The lowest BCUT2D eigenvalue weighted by atomic mass is 9.73. The molecule has 186 valence electrons. The van der Waals surface area contributed by atoms with Crippen LogP contribution in [0.25, 0.3) is 0 Å². The number of benzene rings is 1. The van der Waals surface area contributed by atoms with E-state index in [4.69, 9.17) is 4.74 Å². The van der Waals surface area contributed by atoms with Crippen molar-refractivity contribution in [3.63, 3.8) is 0 Å². The number of esters is 1. The Balaban J connectivity index is 1.30. The Morgan fingerprint density at radius 3 is 2.49 bits per heavy atom. The number of carbonyl (C=O) groups is 2.